The Balaban J connectivity index is 1.76. The largest absolute Gasteiger partial charge is 0.366 e. The van der Waals surface area contributed by atoms with Crippen LogP contribution < -0.4 is 11.1 Å². The number of hydrogen-bond donors (Lipinski definition) is 4. The van der Waals surface area contributed by atoms with Crippen molar-refractivity contribution in [3.63, 3.8) is 0 Å². The molecule has 10 nitrogen and oxygen atoms in total. The maximum Gasteiger partial charge on any atom is 0.250 e. The first-order chi connectivity index (χ1) is 15.9. The molecule has 33 heavy (non-hydrogen) atoms. The van der Waals surface area contributed by atoms with Gasteiger partial charge in [-0.1, -0.05) is 19.6 Å². The molecule has 2 amide bonds. The molecule has 166 valence electrons. The molecule has 0 aliphatic carbocycles. The number of nitrogens with one attached hydrogen (secondary N) is 3. The van der Waals surface area contributed by atoms with Crippen molar-refractivity contribution >= 4 is 34.1 Å². The Morgan fingerprint density at radius 3 is 2.73 bits per heavy atom. The molecule has 0 aromatic carbocycles. The number of rotatable bonds is 7. The fourth-order valence-electron chi connectivity index (χ4n) is 3.39. The highest BCUT2D eigenvalue weighted by Gasteiger charge is 2.19. The van der Waals surface area contributed by atoms with Gasteiger partial charge >= 0.3 is 0 Å². The molecule has 0 unspecified atom stereocenters. The molecule has 0 saturated heterocycles. The number of aromatic amines is 2. The van der Waals surface area contributed by atoms with Crippen molar-refractivity contribution in [2.45, 2.75) is 20.3 Å². The second-order valence-corrected chi connectivity index (χ2v) is 7.30. The summed E-state index contributed by atoms with van der Waals surface area (Å²) in [5, 5.41) is 10.8. The Bertz CT molecular complexity index is 1410. The van der Waals surface area contributed by atoms with Crippen LogP contribution in [0.4, 0.5) is 5.69 Å². The van der Waals surface area contributed by atoms with Gasteiger partial charge < -0.3 is 16.0 Å². The number of anilines is 1. The Morgan fingerprint density at radius 1 is 1.21 bits per heavy atom. The van der Waals surface area contributed by atoms with Gasteiger partial charge in [-0.05, 0) is 25.1 Å². The molecule has 4 aromatic heterocycles. The van der Waals surface area contributed by atoms with Crippen molar-refractivity contribution in [2.24, 2.45) is 5.73 Å². The number of nitrogens with zero attached hydrogens (tertiary/aromatic N) is 4. The third-order valence-corrected chi connectivity index (χ3v) is 5.01. The van der Waals surface area contributed by atoms with Crippen LogP contribution in [0.5, 0.6) is 0 Å². The summed E-state index contributed by atoms with van der Waals surface area (Å²) in [5.74, 6) is -0.205. The maximum atomic E-state index is 11.9. The normalized spacial score (nSPS) is 11.5. The van der Waals surface area contributed by atoms with E-state index < -0.39 is 5.91 Å². The van der Waals surface area contributed by atoms with Crippen LogP contribution in [0.3, 0.4) is 0 Å². The molecule has 4 heterocycles. The molecular formula is C23H22N8O2. The van der Waals surface area contributed by atoms with Crippen molar-refractivity contribution in [1.29, 1.82) is 0 Å². The van der Waals surface area contributed by atoms with Gasteiger partial charge in [-0.25, -0.2) is 9.97 Å². The molecule has 0 saturated carbocycles. The fourth-order valence-corrected chi connectivity index (χ4v) is 3.39. The van der Waals surface area contributed by atoms with E-state index in [0.717, 1.165) is 16.5 Å². The van der Waals surface area contributed by atoms with E-state index in [1.165, 1.54) is 12.2 Å². The van der Waals surface area contributed by atoms with Crippen LogP contribution in [0, 0.1) is 6.92 Å². The first-order valence-corrected chi connectivity index (χ1v) is 10.2. The van der Waals surface area contributed by atoms with Crippen LogP contribution in [-0.4, -0.2) is 41.9 Å². The van der Waals surface area contributed by atoms with E-state index in [4.69, 9.17) is 5.73 Å². The zero-order valence-corrected chi connectivity index (χ0v) is 18.1. The van der Waals surface area contributed by atoms with E-state index in [1.807, 2.05) is 12.1 Å². The van der Waals surface area contributed by atoms with E-state index in [9.17, 15) is 9.59 Å². The van der Waals surface area contributed by atoms with Gasteiger partial charge in [0.25, 0.3) is 5.91 Å². The number of carbonyl (C=O) groups is 2. The number of H-pyrrole nitrogens is 2. The van der Waals surface area contributed by atoms with E-state index in [2.05, 4.69) is 42.0 Å². The van der Waals surface area contributed by atoms with Crippen LogP contribution in [0.2, 0.25) is 0 Å². The number of nitrogens with two attached hydrogens (primary N) is 1. The standard InChI is InChI=1S/C23H22N8O2/c1-4-6-16(21(24)33)19-12(3)27-23(29-19)20-17-8-14(10-26-22(17)31-30-20)13-7-15(11-25-9-13)28-18(32)5-2/h4,6-11H,1,5H2,2-3H3,(H2,24,33)(H,27,29)(H,28,32)(H,26,30,31)/b16-6+. The summed E-state index contributed by atoms with van der Waals surface area (Å²) in [6.45, 7) is 7.21. The first kappa shape index (κ1) is 21.6. The Labute approximate surface area is 189 Å². The summed E-state index contributed by atoms with van der Waals surface area (Å²) in [6, 6.07) is 3.74. The number of aryl methyl sites for hydroxylation is 1. The second kappa shape index (κ2) is 8.87. The lowest BCUT2D eigenvalue weighted by Crippen LogP contribution is -2.13. The smallest absolute Gasteiger partial charge is 0.250 e. The fraction of sp³-hybridized carbons (Fsp3) is 0.130. The lowest BCUT2D eigenvalue weighted by molar-refractivity contribution is -0.116. The number of allylic oxidation sites excluding steroid dienone is 2. The van der Waals surface area contributed by atoms with Gasteiger partial charge in [0.2, 0.25) is 5.91 Å². The molecule has 4 rings (SSSR count). The van der Waals surface area contributed by atoms with Crippen LogP contribution in [0.15, 0.2) is 49.5 Å². The summed E-state index contributed by atoms with van der Waals surface area (Å²) in [6.07, 6.45) is 8.36. The topological polar surface area (TPSA) is 155 Å². The Morgan fingerprint density at radius 2 is 2.00 bits per heavy atom. The molecule has 0 fully saturated rings. The van der Waals surface area contributed by atoms with Crippen molar-refractivity contribution < 1.29 is 9.59 Å². The highest BCUT2D eigenvalue weighted by molar-refractivity contribution is 6.18. The van der Waals surface area contributed by atoms with Crippen molar-refractivity contribution in [3.8, 4) is 22.6 Å². The second-order valence-electron chi connectivity index (χ2n) is 7.30. The highest BCUT2D eigenvalue weighted by Crippen LogP contribution is 2.30. The van der Waals surface area contributed by atoms with Gasteiger partial charge in [0.1, 0.15) is 5.69 Å². The third-order valence-electron chi connectivity index (χ3n) is 5.01. The number of hydrogen-bond acceptors (Lipinski definition) is 6. The molecular weight excluding hydrogens is 420 g/mol. The summed E-state index contributed by atoms with van der Waals surface area (Å²) in [5.41, 5.74) is 10.2. The van der Waals surface area contributed by atoms with Gasteiger partial charge in [0.05, 0.1) is 28.5 Å². The molecule has 0 bridgehead atoms. The molecule has 0 radical (unpaired) electrons. The number of fused-ring (bicyclic) bond motifs is 1. The Kier molecular flexibility index (Phi) is 5.81. The van der Waals surface area contributed by atoms with Crippen LogP contribution in [-0.2, 0) is 9.59 Å². The summed E-state index contributed by atoms with van der Waals surface area (Å²) in [4.78, 5) is 40.0. The number of amides is 2. The van der Waals surface area contributed by atoms with E-state index in [1.54, 1.807) is 32.4 Å². The maximum absolute atomic E-state index is 11.9. The van der Waals surface area contributed by atoms with Crippen LogP contribution in [0.1, 0.15) is 24.7 Å². The van der Waals surface area contributed by atoms with Gasteiger partial charge in [-0.2, -0.15) is 5.10 Å². The summed E-state index contributed by atoms with van der Waals surface area (Å²) < 4.78 is 0. The van der Waals surface area contributed by atoms with Gasteiger partial charge in [0, 0.05) is 35.6 Å². The van der Waals surface area contributed by atoms with Crippen LogP contribution >= 0.6 is 0 Å². The zero-order chi connectivity index (χ0) is 23.5. The predicted molar refractivity (Wildman–Crippen MR) is 126 cm³/mol. The quantitative estimate of drug-likeness (QED) is 0.254. The SMILES string of the molecule is C=C/C=C(/C(N)=O)c1nc(-c2[nH]nc3ncc(-c4cncc(NC(=O)CC)c4)cc23)[nH]c1C. The molecule has 0 aliphatic rings. The van der Waals surface area contributed by atoms with Crippen molar-refractivity contribution in [3.05, 3.63) is 60.8 Å². The average molecular weight is 442 g/mol. The number of imidazole rings is 1. The van der Waals surface area contributed by atoms with Crippen LogP contribution in [0.25, 0.3) is 39.3 Å². The highest BCUT2D eigenvalue weighted by atomic mass is 16.1. The van der Waals surface area contributed by atoms with E-state index in [0.29, 0.717) is 40.7 Å². The average Bonchev–Trinajstić information content (AvgIpc) is 3.40. The number of primary amides is 1. The minimum atomic E-state index is -0.600. The number of carbonyl (C=O) groups excluding carboxylic acids is 2. The first-order valence-electron chi connectivity index (χ1n) is 10.2. The predicted octanol–water partition coefficient (Wildman–Crippen LogP) is 3.12. The third kappa shape index (κ3) is 4.26. The minimum absolute atomic E-state index is 0.0931. The molecule has 0 atom stereocenters. The van der Waals surface area contributed by atoms with E-state index in [-0.39, 0.29) is 11.5 Å². The molecule has 10 heteroatoms. The minimum Gasteiger partial charge on any atom is -0.366 e. The molecule has 4 aromatic rings. The number of pyridine rings is 2. The van der Waals surface area contributed by atoms with E-state index >= 15 is 0 Å². The molecule has 0 spiro atoms. The van der Waals surface area contributed by atoms with Crippen molar-refractivity contribution in [1.82, 2.24) is 30.1 Å². The van der Waals surface area contributed by atoms with Gasteiger partial charge in [-0.3, -0.25) is 19.7 Å². The number of aromatic nitrogens is 6. The van der Waals surface area contributed by atoms with Gasteiger partial charge in [0.15, 0.2) is 11.5 Å². The Hall–Kier alpha value is -4.60. The monoisotopic (exact) mass is 442 g/mol. The van der Waals surface area contributed by atoms with Gasteiger partial charge in [-0.15, -0.1) is 0 Å². The molecule has 0 aliphatic heterocycles. The lowest BCUT2D eigenvalue weighted by Gasteiger charge is -2.06. The zero-order valence-electron chi connectivity index (χ0n) is 18.1. The summed E-state index contributed by atoms with van der Waals surface area (Å²) in [7, 11) is 0. The van der Waals surface area contributed by atoms with Crippen molar-refractivity contribution in [2.75, 3.05) is 5.32 Å². The molecule has 5 N–H and O–H groups in total. The lowest BCUT2D eigenvalue weighted by atomic mass is 10.1. The summed E-state index contributed by atoms with van der Waals surface area (Å²) >= 11 is 0.